The Morgan fingerprint density at radius 3 is 2.06 bits per heavy atom. The van der Waals surface area contributed by atoms with Crippen LogP contribution < -0.4 is 0 Å². The van der Waals surface area contributed by atoms with Crippen molar-refractivity contribution in [3.8, 4) is 0 Å². The van der Waals surface area contributed by atoms with Gasteiger partial charge in [0.05, 0.1) is 20.7 Å². The standard InChI is InChI=1S/C29H50O3/c1-2-3-4-5-6-7-8-9-10-11-12-13-14-18-23-31-28-22-19-24-32-29(28)26-30-25-27-20-16-15-17-21-27/h15-17,20-21,28-29H,2-14,18-19,22-26H2,1H3/t28-,29-/m0/s1/i29D. The van der Waals surface area contributed by atoms with Crippen molar-refractivity contribution in [2.75, 3.05) is 19.8 Å². The molecule has 1 aromatic rings. The predicted octanol–water partition coefficient (Wildman–Crippen LogP) is 8.25. The first-order chi connectivity index (χ1) is 16.2. The van der Waals surface area contributed by atoms with Crippen LogP contribution in [0.25, 0.3) is 0 Å². The van der Waals surface area contributed by atoms with Crippen LogP contribution in [0.2, 0.25) is 0 Å². The van der Waals surface area contributed by atoms with Gasteiger partial charge in [-0.2, -0.15) is 0 Å². The second kappa shape index (κ2) is 19.6. The van der Waals surface area contributed by atoms with Crippen LogP contribution >= 0.6 is 0 Å². The first-order valence-corrected chi connectivity index (χ1v) is 13.6. The van der Waals surface area contributed by atoms with Crippen LogP contribution in [0, 0.1) is 0 Å². The normalized spacial score (nSPS) is 21.5. The molecule has 1 aromatic carbocycles. The van der Waals surface area contributed by atoms with Gasteiger partial charge < -0.3 is 14.2 Å². The van der Waals surface area contributed by atoms with Gasteiger partial charge in [-0.15, -0.1) is 0 Å². The maximum absolute atomic E-state index is 8.75. The molecule has 0 bridgehead atoms. The minimum absolute atomic E-state index is 0.191. The second-order valence-corrected chi connectivity index (χ2v) is 9.39. The van der Waals surface area contributed by atoms with Crippen molar-refractivity contribution in [1.82, 2.24) is 0 Å². The topological polar surface area (TPSA) is 27.7 Å². The summed E-state index contributed by atoms with van der Waals surface area (Å²) in [7, 11) is 0. The Kier molecular flexibility index (Phi) is 15.7. The van der Waals surface area contributed by atoms with Gasteiger partial charge in [-0.3, -0.25) is 0 Å². The van der Waals surface area contributed by atoms with Crippen LogP contribution in [-0.2, 0) is 20.8 Å². The highest BCUT2D eigenvalue weighted by atomic mass is 16.6. The first-order valence-electron chi connectivity index (χ1n) is 14.1. The molecule has 0 spiro atoms. The highest BCUT2D eigenvalue weighted by Gasteiger charge is 2.26. The summed E-state index contributed by atoms with van der Waals surface area (Å²) in [4.78, 5) is 0. The highest BCUT2D eigenvalue weighted by molar-refractivity contribution is 5.13. The van der Waals surface area contributed by atoms with Crippen molar-refractivity contribution in [3.63, 3.8) is 0 Å². The van der Waals surface area contributed by atoms with Gasteiger partial charge in [0.15, 0.2) is 0 Å². The predicted molar refractivity (Wildman–Crippen MR) is 135 cm³/mol. The van der Waals surface area contributed by atoms with E-state index in [1.807, 2.05) is 30.3 Å². The number of unbranched alkanes of at least 4 members (excludes halogenated alkanes) is 13. The van der Waals surface area contributed by atoms with Gasteiger partial charge >= 0.3 is 0 Å². The first kappa shape index (κ1) is 25.7. The van der Waals surface area contributed by atoms with E-state index in [-0.39, 0.29) is 12.7 Å². The quantitative estimate of drug-likeness (QED) is 0.188. The summed E-state index contributed by atoms with van der Waals surface area (Å²) in [6, 6.07) is 10.1. The van der Waals surface area contributed by atoms with E-state index in [9.17, 15) is 0 Å². The molecule has 0 aliphatic carbocycles. The molecule has 1 aliphatic rings. The molecule has 184 valence electrons. The molecule has 1 fully saturated rings. The smallest absolute Gasteiger partial charge is 0.107 e. The molecule has 1 heterocycles. The van der Waals surface area contributed by atoms with Crippen molar-refractivity contribution >= 4 is 0 Å². The summed E-state index contributed by atoms with van der Waals surface area (Å²) in [6.45, 7) is 4.40. The Morgan fingerprint density at radius 1 is 0.844 bits per heavy atom. The third-order valence-electron chi connectivity index (χ3n) is 6.43. The molecular weight excluding hydrogens is 396 g/mol. The summed E-state index contributed by atoms with van der Waals surface area (Å²) in [5.74, 6) is 0. The molecule has 0 N–H and O–H groups in total. The molecule has 3 nitrogen and oxygen atoms in total. The van der Waals surface area contributed by atoms with E-state index in [2.05, 4.69) is 6.92 Å². The molecule has 1 saturated heterocycles. The number of hydrogen-bond acceptors (Lipinski definition) is 3. The number of benzene rings is 1. The molecule has 0 amide bonds. The highest BCUT2D eigenvalue weighted by Crippen LogP contribution is 2.19. The van der Waals surface area contributed by atoms with Crippen LogP contribution in [0.4, 0.5) is 0 Å². The van der Waals surface area contributed by atoms with Gasteiger partial charge in [0, 0.05) is 13.2 Å². The lowest BCUT2D eigenvalue weighted by molar-refractivity contribution is -0.133. The maximum Gasteiger partial charge on any atom is 0.107 e. The Hall–Kier alpha value is -0.900. The zero-order chi connectivity index (χ0) is 23.5. The van der Waals surface area contributed by atoms with E-state index in [4.69, 9.17) is 15.6 Å². The minimum Gasteiger partial charge on any atom is -0.375 e. The van der Waals surface area contributed by atoms with E-state index in [0.717, 1.165) is 31.4 Å². The maximum atomic E-state index is 8.75. The monoisotopic (exact) mass is 447 g/mol. The molecule has 0 saturated carbocycles. The summed E-state index contributed by atoms with van der Waals surface area (Å²) in [5.41, 5.74) is 1.12. The molecular formula is C29H50O3. The van der Waals surface area contributed by atoms with Gasteiger partial charge in [0.1, 0.15) is 6.08 Å². The summed E-state index contributed by atoms with van der Waals surface area (Å²) >= 11 is 0. The number of ether oxygens (including phenoxy) is 3. The van der Waals surface area contributed by atoms with Crippen LogP contribution in [0.5, 0.6) is 0 Å². The van der Waals surface area contributed by atoms with E-state index < -0.39 is 6.08 Å². The fraction of sp³-hybridized carbons (Fsp3) is 0.793. The van der Waals surface area contributed by atoms with Crippen LogP contribution in [0.1, 0.15) is 117 Å². The summed E-state index contributed by atoms with van der Waals surface area (Å²) in [5, 5.41) is 0. The van der Waals surface area contributed by atoms with E-state index in [0.29, 0.717) is 13.2 Å². The summed E-state index contributed by atoms with van der Waals surface area (Å²) in [6.07, 6.45) is 19.6. The van der Waals surface area contributed by atoms with Crippen molar-refractivity contribution in [2.24, 2.45) is 0 Å². The van der Waals surface area contributed by atoms with Gasteiger partial charge in [0.2, 0.25) is 0 Å². The van der Waals surface area contributed by atoms with Crippen molar-refractivity contribution in [1.29, 1.82) is 0 Å². The SMILES string of the molecule is [2H][C@@]1(COCc2ccccc2)OCCC[C@@H]1OCCCCCCCCCCCCCCCC. The molecule has 32 heavy (non-hydrogen) atoms. The Labute approximate surface area is 200 Å². The van der Waals surface area contributed by atoms with Crippen LogP contribution in [0.15, 0.2) is 30.3 Å². The molecule has 2 rings (SSSR count). The molecule has 2 atom stereocenters. The summed E-state index contributed by atoms with van der Waals surface area (Å²) < 4.78 is 26.5. The number of hydrogen-bond donors (Lipinski definition) is 0. The number of rotatable bonds is 20. The molecule has 1 aliphatic heterocycles. The molecule has 3 heteroatoms. The van der Waals surface area contributed by atoms with Gasteiger partial charge in [0.25, 0.3) is 0 Å². The second-order valence-electron chi connectivity index (χ2n) is 9.39. The van der Waals surface area contributed by atoms with Gasteiger partial charge in [-0.1, -0.05) is 121 Å². The van der Waals surface area contributed by atoms with Crippen LogP contribution in [0.3, 0.4) is 0 Å². The largest absolute Gasteiger partial charge is 0.375 e. The average molecular weight is 448 g/mol. The Bertz CT molecular complexity index is 567. The fourth-order valence-corrected chi connectivity index (χ4v) is 4.40. The molecule has 0 unspecified atom stereocenters. The lowest BCUT2D eigenvalue weighted by Gasteiger charge is -2.31. The zero-order valence-corrected chi connectivity index (χ0v) is 20.8. The minimum atomic E-state index is -1.08. The molecule has 0 aromatic heterocycles. The average Bonchev–Trinajstić information content (AvgIpc) is 2.83. The zero-order valence-electron chi connectivity index (χ0n) is 21.8. The van der Waals surface area contributed by atoms with Gasteiger partial charge in [-0.25, -0.2) is 0 Å². The fourth-order valence-electron chi connectivity index (χ4n) is 4.40. The molecule has 0 radical (unpaired) electrons. The third-order valence-corrected chi connectivity index (χ3v) is 6.43. The third kappa shape index (κ3) is 13.6. The van der Waals surface area contributed by atoms with E-state index in [1.54, 1.807) is 0 Å². The lowest BCUT2D eigenvalue weighted by atomic mass is 10.0. The van der Waals surface area contributed by atoms with Crippen LogP contribution in [-0.4, -0.2) is 32.0 Å². The van der Waals surface area contributed by atoms with Crippen molar-refractivity contribution in [2.45, 2.75) is 128 Å². The van der Waals surface area contributed by atoms with Crippen molar-refractivity contribution in [3.05, 3.63) is 35.9 Å². The van der Waals surface area contributed by atoms with E-state index >= 15 is 0 Å². The Morgan fingerprint density at radius 2 is 1.44 bits per heavy atom. The van der Waals surface area contributed by atoms with Gasteiger partial charge in [-0.05, 0) is 24.8 Å². The Balaban J connectivity index is 1.45. The van der Waals surface area contributed by atoms with E-state index in [1.165, 1.54) is 83.5 Å². The lowest BCUT2D eigenvalue weighted by Crippen LogP contribution is -2.39. The van der Waals surface area contributed by atoms with Crippen molar-refractivity contribution < 1.29 is 15.6 Å².